The zero-order valence-corrected chi connectivity index (χ0v) is 9.75. The van der Waals surface area contributed by atoms with E-state index < -0.39 is 0 Å². The maximum Gasteiger partial charge on any atom is 0.0840 e. The second kappa shape index (κ2) is 3.82. The van der Waals surface area contributed by atoms with Crippen LogP contribution in [0.2, 0.25) is 0 Å². The SMILES string of the molecule is CC(C)OC1(C2CCCN2C)CCC1. The molecule has 2 heteroatoms. The van der Waals surface area contributed by atoms with Crippen molar-refractivity contribution in [2.75, 3.05) is 13.6 Å². The van der Waals surface area contributed by atoms with Crippen molar-refractivity contribution in [2.24, 2.45) is 0 Å². The largest absolute Gasteiger partial charge is 0.371 e. The summed E-state index contributed by atoms with van der Waals surface area (Å²) in [5.74, 6) is 0. The van der Waals surface area contributed by atoms with E-state index in [4.69, 9.17) is 4.74 Å². The summed E-state index contributed by atoms with van der Waals surface area (Å²) >= 11 is 0. The van der Waals surface area contributed by atoms with E-state index in [0.717, 1.165) is 0 Å². The highest BCUT2D eigenvalue weighted by Gasteiger charge is 2.48. The maximum absolute atomic E-state index is 6.19. The molecule has 1 aliphatic carbocycles. The van der Waals surface area contributed by atoms with Crippen molar-refractivity contribution in [3.05, 3.63) is 0 Å². The summed E-state index contributed by atoms with van der Waals surface area (Å²) in [6.07, 6.45) is 6.98. The quantitative estimate of drug-likeness (QED) is 0.689. The molecule has 2 rings (SSSR count). The van der Waals surface area contributed by atoms with Gasteiger partial charge in [-0.05, 0) is 59.5 Å². The molecular formula is C12H23NO. The highest BCUT2D eigenvalue weighted by Crippen LogP contribution is 2.44. The van der Waals surface area contributed by atoms with Gasteiger partial charge in [-0.2, -0.15) is 0 Å². The first-order chi connectivity index (χ1) is 6.64. The summed E-state index contributed by atoms with van der Waals surface area (Å²) in [6, 6.07) is 0.693. The van der Waals surface area contributed by atoms with E-state index in [1.807, 2.05) is 0 Å². The minimum absolute atomic E-state index is 0.222. The van der Waals surface area contributed by atoms with Crippen molar-refractivity contribution in [1.82, 2.24) is 4.90 Å². The fraction of sp³-hybridized carbons (Fsp3) is 1.00. The molecule has 1 aliphatic heterocycles. The average Bonchev–Trinajstić information content (AvgIpc) is 2.44. The summed E-state index contributed by atoms with van der Waals surface area (Å²) in [5.41, 5.74) is 0.222. The Morgan fingerprint density at radius 1 is 1.29 bits per heavy atom. The van der Waals surface area contributed by atoms with Crippen LogP contribution in [0.4, 0.5) is 0 Å². The summed E-state index contributed by atoms with van der Waals surface area (Å²) in [4.78, 5) is 2.50. The number of nitrogens with zero attached hydrogens (tertiary/aromatic N) is 1. The summed E-state index contributed by atoms with van der Waals surface area (Å²) < 4.78 is 6.19. The van der Waals surface area contributed by atoms with Gasteiger partial charge in [0.1, 0.15) is 0 Å². The normalized spacial score (nSPS) is 32.1. The van der Waals surface area contributed by atoms with Gasteiger partial charge in [-0.25, -0.2) is 0 Å². The van der Waals surface area contributed by atoms with Crippen LogP contribution in [-0.2, 0) is 4.74 Å². The zero-order valence-electron chi connectivity index (χ0n) is 9.75. The van der Waals surface area contributed by atoms with Crippen LogP contribution in [-0.4, -0.2) is 36.2 Å². The first kappa shape index (κ1) is 10.4. The molecule has 14 heavy (non-hydrogen) atoms. The Morgan fingerprint density at radius 2 is 2.00 bits per heavy atom. The first-order valence-corrected chi connectivity index (χ1v) is 6.02. The van der Waals surface area contributed by atoms with Crippen molar-refractivity contribution in [2.45, 2.75) is 63.7 Å². The molecule has 1 unspecified atom stereocenters. The van der Waals surface area contributed by atoms with Crippen LogP contribution in [0.15, 0.2) is 0 Å². The molecule has 82 valence electrons. The van der Waals surface area contributed by atoms with Crippen LogP contribution < -0.4 is 0 Å². The first-order valence-electron chi connectivity index (χ1n) is 6.02. The molecular weight excluding hydrogens is 174 g/mol. The lowest BCUT2D eigenvalue weighted by atomic mass is 9.73. The molecule has 1 saturated heterocycles. The van der Waals surface area contributed by atoms with E-state index in [1.54, 1.807) is 0 Å². The lowest BCUT2D eigenvalue weighted by Gasteiger charge is -2.49. The second-order valence-corrected chi connectivity index (χ2v) is 5.22. The van der Waals surface area contributed by atoms with Crippen molar-refractivity contribution in [3.63, 3.8) is 0 Å². The lowest BCUT2D eigenvalue weighted by molar-refractivity contribution is -0.162. The zero-order chi connectivity index (χ0) is 10.2. The van der Waals surface area contributed by atoms with Crippen molar-refractivity contribution in [1.29, 1.82) is 0 Å². The van der Waals surface area contributed by atoms with Gasteiger partial charge in [-0.3, -0.25) is 0 Å². The van der Waals surface area contributed by atoms with Gasteiger partial charge in [0.2, 0.25) is 0 Å². The van der Waals surface area contributed by atoms with Gasteiger partial charge in [0.25, 0.3) is 0 Å². The van der Waals surface area contributed by atoms with Gasteiger partial charge in [0, 0.05) is 6.04 Å². The Balaban J connectivity index is 2.03. The number of hydrogen-bond acceptors (Lipinski definition) is 2. The minimum Gasteiger partial charge on any atom is -0.371 e. The van der Waals surface area contributed by atoms with Crippen LogP contribution in [0.25, 0.3) is 0 Å². The minimum atomic E-state index is 0.222. The number of hydrogen-bond donors (Lipinski definition) is 0. The highest BCUT2D eigenvalue weighted by atomic mass is 16.5. The van der Waals surface area contributed by atoms with Crippen molar-refractivity contribution >= 4 is 0 Å². The Kier molecular flexibility index (Phi) is 2.85. The average molecular weight is 197 g/mol. The van der Waals surface area contributed by atoms with E-state index in [1.165, 1.54) is 38.6 Å². The molecule has 0 aromatic carbocycles. The second-order valence-electron chi connectivity index (χ2n) is 5.22. The molecule has 0 N–H and O–H groups in total. The van der Waals surface area contributed by atoms with Gasteiger partial charge in [-0.1, -0.05) is 0 Å². The highest BCUT2D eigenvalue weighted by molar-refractivity contribution is 5.02. The van der Waals surface area contributed by atoms with Gasteiger partial charge in [-0.15, -0.1) is 0 Å². The molecule has 0 spiro atoms. The Labute approximate surface area is 87.6 Å². The number of likely N-dealkylation sites (tertiary alicyclic amines) is 1. The van der Waals surface area contributed by atoms with E-state index in [-0.39, 0.29) is 5.60 Å². The van der Waals surface area contributed by atoms with E-state index in [9.17, 15) is 0 Å². The van der Waals surface area contributed by atoms with Crippen LogP contribution in [0.3, 0.4) is 0 Å². The molecule has 2 nitrogen and oxygen atoms in total. The van der Waals surface area contributed by atoms with Crippen molar-refractivity contribution < 1.29 is 4.74 Å². The molecule has 0 aromatic rings. The smallest absolute Gasteiger partial charge is 0.0840 e. The van der Waals surface area contributed by atoms with Crippen LogP contribution in [0.5, 0.6) is 0 Å². The summed E-state index contributed by atoms with van der Waals surface area (Å²) in [5, 5.41) is 0. The Bertz CT molecular complexity index is 198. The molecule has 0 radical (unpaired) electrons. The topological polar surface area (TPSA) is 12.5 Å². The van der Waals surface area contributed by atoms with Gasteiger partial charge in [0.05, 0.1) is 11.7 Å². The number of likely N-dealkylation sites (N-methyl/N-ethyl adjacent to an activating group) is 1. The van der Waals surface area contributed by atoms with E-state index in [2.05, 4.69) is 25.8 Å². The van der Waals surface area contributed by atoms with E-state index >= 15 is 0 Å². The monoisotopic (exact) mass is 197 g/mol. The van der Waals surface area contributed by atoms with Crippen molar-refractivity contribution in [3.8, 4) is 0 Å². The molecule has 1 heterocycles. The van der Waals surface area contributed by atoms with Crippen LogP contribution in [0, 0.1) is 0 Å². The number of rotatable bonds is 3. The molecule has 1 saturated carbocycles. The molecule has 0 aromatic heterocycles. The molecule has 2 fully saturated rings. The number of ether oxygens (including phenoxy) is 1. The predicted octanol–water partition coefficient (Wildman–Crippen LogP) is 2.43. The Morgan fingerprint density at radius 3 is 2.36 bits per heavy atom. The molecule has 0 amide bonds. The van der Waals surface area contributed by atoms with Crippen LogP contribution in [0.1, 0.15) is 46.0 Å². The third kappa shape index (κ3) is 1.70. The lowest BCUT2D eigenvalue weighted by Crippen LogP contribution is -2.55. The summed E-state index contributed by atoms with van der Waals surface area (Å²) in [6.45, 7) is 5.58. The molecule has 0 bridgehead atoms. The van der Waals surface area contributed by atoms with Gasteiger partial charge >= 0.3 is 0 Å². The third-order valence-electron chi connectivity index (χ3n) is 3.80. The molecule has 2 aliphatic rings. The summed E-state index contributed by atoms with van der Waals surface area (Å²) in [7, 11) is 2.25. The van der Waals surface area contributed by atoms with Gasteiger partial charge < -0.3 is 9.64 Å². The standard InChI is InChI=1S/C12H23NO/c1-10(2)14-12(7-5-8-12)11-6-4-9-13(11)3/h10-11H,4-9H2,1-3H3. The maximum atomic E-state index is 6.19. The third-order valence-corrected chi connectivity index (χ3v) is 3.80. The van der Waals surface area contributed by atoms with Gasteiger partial charge in [0.15, 0.2) is 0 Å². The van der Waals surface area contributed by atoms with Crippen LogP contribution >= 0.6 is 0 Å². The van der Waals surface area contributed by atoms with E-state index in [0.29, 0.717) is 12.1 Å². The molecule has 1 atom stereocenters. The predicted molar refractivity (Wildman–Crippen MR) is 58.5 cm³/mol. The fourth-order valence-corrected chi connectivity index (χ4v) is 3.10. The Hall–Kier alpha value is -0.0800. The fourth-order valence-electron chi connectivity index (χ4n) is 3.10.